The lowest BCUT2D eigenvalue weighted by Crippen LogP contribution is -2.30. The van der Waals surface area contributed by atoms with Crippen molar-refractivity contribution in [1.82, 2.24) is 5.32 Å². The SMILES string of the molecule is CSC(C)CNC(=O)c1cccc(C(F)(F)F)c1N. The Bertz CT molecular complexity index is 463. The van der Waals surface area contributed by atoms with Crippen LogP contribution in [0.2, 0.25) is 0 Å². The van der Waals surface area contributed by atoms with Gasteiger partial charge in [-0.05, 0) is 18.4 Å². The van der Waals surface area contributed by atoms with Crippen molar-refractivity contribution in [2.75, 3.05) is 18.5 Å². The van der Waals surface area contributed by atoms with Gasteiger partial charge < -0.3 is 11.1 Å². The van der Waals surface area contributed by atoms with Gasteiger partial charge in [-0.15, -0.1) is 0 Å². The number of halogens is 3. The average molecular weight is 292 g/mol. The fraction of sp³-hybridized carbons (Fsp3) is 0.417. The highest BCUT2D eigenvalue weighted by Gasteiger charge is 2.34. The van der Waals surface area contributed by atoms with Crippen LogP contribution in [0, 0.1) is 0 Å². The van der Waals surface area contributed by atoms with Crippen LogP contribution in [0.4, 0.5) is 18.9 Å². The maximum absolute atomic E-state index is 12.6. The molecule has 0 saturated carbocycles. The van der Waals surface area contributed by atoms with Crippen LogP contribution in [0.25, 0.3) is 0 Å². The number of thioether (sulfide) groups is 1. The second kappa shape index (κ2) is 6.18. The molecule has 0 aliphatic carbocycles. The maximum atomic E-state index is 12.6. The van der Waals surface area contributed by atoms with Crippen molar-refractivity contribution in [2.45, 2.75) is 18.3 Å². The van der Waals surface area contributed by atoms with Crippen LogP contribution >= 0.6 is 11.8 Å². The zero-order chi connectivity index (χ0) is 14.6. The Morgan fingerprint density at radius 1 is 1.47 bits per heavy atom. The van der Waals surface area contributed by atoms with E-state index in [1.54, 1.807) is 11.8 Å². The van der Waals surface area contributed by atoms with Crippen molar-refractivity contribution < 1.29 is 18.0 Å². The van der Waals surface area contributed by atoms with E-state index in [2.05, 4.69) is 5.32 Å². The van der Waals surface area contributed by atoms with E-state index in [1.165, 1.54) is 12.1 Å². The number of nitrogens with one attached hydrogen (secondary N) is 1. The minimum atomic E-state index is -4.56. The molecule has 0 spiro atoms. The molecule has 7 heteroatoms. The lowest BCUT2D eigenvalue weighted by molar-refractivity contribution is -0.136. The summed E-state index contributed by atoms with van der Waals surface area (Å²) < 4.78 is 37.9. The quantitative estimate of drug-likeness (QED) is 0.839. The molecule has 0 aliphatic rings. The molecule has 1 aromatic carbocycles. The Hall–Kier alpha value is -1.37. The molecule has 1 rings (SSSR count). The van der Waals surface area contributed by atoms with Gasteiger partial charge in [0.25, 0.3) is 5.91 Å². The number of para-hydroxylation sites is 1. The Morgan fingerprint density at radius 2 is 2.11 bits per heavy atom. The number of benzene rings is 1. The predicted octanol–water partition coefficient (Wildman–Crippen LogP) is 2.77. The monoisotopic (exact) mass is 292 g/mol. The van der Waals surface area contributed by atoms with Crippen molar-refractivity contribution >= 4 is 23.4 Å². The van der Waals surface area contributed by atoms with E-state index in [0.717, 1.165) is 6.07 Å². The van der Waals surface area contributed by atoms with Crippen molar-refractivity contribution in [3.8, 4) is 0 Å². The third kappa shape index (κ3) is 4.05. The van der Waals surface area contributed by atoms with E-state index in [0.29, 0.717) is 6.54 Å². The number of alkyl halides is 3. The Kier molecular flexibility index (Phi) is 5.11. The summed E-state index contributed by atoms with van der Waals surface area (Å²) in [6.45, 7) is 2.27. The molecular weight excluding hydrogens is 277 g/mol. The number of hydrogen-bond acceptors (Lipinski definition) is 3. The largest absolute Gasteiger partial charge is 0.418 e. The molecule has 0 fully saturated rings. The van der Waals surface area contributed by atoms with Gasteiger partial charge in [0.05, 0.1) is 16.8 Å². The van der Waals surface area contributed by atoms with Crippen molar-refractivity contribution in [3.05, 3.63) is 29.3 Å². The van der Waals surface area contributed by atoms with Crippen LogP contribution in [0.3, 0.4) is 0 Å². The van der Waals surface area contributed by atoms with Gasteiger partial charge in [-0.25, -0.2) is 0 Å². The van der Waals surface area contributed by atoms with Crippen LogP contribution in [-0.4, -0.2) is 24.0 Å². The number of carbonyl (C=O) groups excluding carboxylic acids is 1. The summed E-state index contributed by atoms with van der Waals surface area (Å²) in [6, 6.07) is 3.31. The number of amides is 1. The summed E-state index contributed by atoms with van der Waals surface area (Å²) in [5, 5.41) is 2.74. The molecule has 106 valence electrons. The molecular formula is C12H15F3N2OS. The topological polar surface area (TPSA) is 55.1 Å². The zero-order valence-electron chi connectivity index (χ0n) is 10.5. The minimum Gasteiger partial charge on any atom is -0.398 e. The first-order valence-electron chi connectivity index (χ1n) is 5.54. The predicted molar refractivity (Wildman–Crippen MR) is 71.2 cm³/mol. The van der Waals surface area contributed by atoms with Gasteiger partial charge in [-0.1, -0.05) is 13.0 Å². The van der Waals surface area contributed by atoms with Crippen LogP contribution in [0.1, 0.15) is 22.8 Å². The lowest BCUT2D eigenvalue weighted by atomic mass is 10.1. The van der Waals surface area contributed by atoms with Gasteiger partial charge in [0.1, 0.15) is 0 Å². The smallest absolute Gasteiger partial charge is 0.398 e. The lowest BCUT2D eigenvalue weighted by Gasteiger charge is -2.14. The summed E-state index contributed by atoms with van der Waals surface area (Å²) in [4.78, 5) is 11.8. The fourth-order valence-electron chi connectivity index (χ4n) is 1.43. The first kappa shape index (κ1) is 15.7. The standard InChI is InChI=1S/C12H15F3N2OS/c1-7(19-2)6-17-11(18)8-4-3-5-9(10(8)16)12(13,14)15/h3-5,7H,6,16H2,1-2H3,(H,17,18). The van der Waals surface area contributed by atoms with E-state index >= 15 is 0 Å². The third-order valence-electron chi connectivity index (χ3n) is 2.61. The van der Waals surface area contributed by atoms with E-state index in [9.17, 15) is 18.0 Å². The highest BCUT2D eigenvalue weighted by atomic mass is 32.2. The minimum absolute atomic E-state index is 0.150. The number of rotatable bonds is 4. The third-order valence-corrected chi connectivity index (χ3v) is 3.58. The summed E-state index contributed by atoms with van der Waals surface area (Å²) in [7, 11) is 0. The molecule has 0 saturated heterocycles. The van der Waals surface area contributed by atoms with Gasteiger partial charge >= 0.3 is 6.18 Å². The molecule has 19 heavy (non-hydrogen) atoms. The Balaban J connectivity index is 2.93. The van der Waals surface area contributed by atoms with E-state index < -0.39 is 23.3 Å². The summed E-state index contributed by atoms with van der Waals surface area (Å²) >= 11 is 1.55. The highest BCUT2D eigenvalue weighted by Crippen LogP contribution is 2.34. The van der Waals surface area contributed by atoms with Gasteiger partial charge in [0.2, 0.25) is 0 Å². The Morgan fingerprint density at radius 3 is 2.63 bits per heavy atom. The van der Waals surface area contributed by atoms with Crippen molar-refractivity contribution in [3.63, 3.8) is 0 Å². The van der Waals surface area contributed by atoms with Crippen molar-refractivity contribution in [1.29, 1.82) is 0 Å². The normalized spacial score (nSPS) is 13.1. The second-order valence-corrected chi connectivity index (χ2v) is 5.30. The second-order valence-electron chi connectivity index (χ2n) is 4.02. The van der Waals surface area contributed by atoms with Gasteiger partial charge in [-0.2, -0.15) is 24.9 Å². The van der Waals surface area contributed by atoms with E-state index in [4.69, 9.17) is 5.73 Å². The van der Waals surface area contributed by atoms with Gasteiger partial charge in [-0.3, -0.25) is 4.79 Å². The molecule has 1 atom stereocenters. The number of hydrogen-bond donors (Lipinski definition) is 2. The van der Waals surface area contributed by atoms with Gasteiger partial charge in [0, 0.05) is 11.8 Å². The van der Waals surface area contributed by atoms with E-state index in [1.807, 2.05) is 13.2 Å². The number of carbonyl (C=O) groups is 1. The first-order valence-corrected chi connectivity index (χ1v) is 6.82. The summed E-state index contributed by atoms with van der Waals surface area (Å²) in [5.41, 5.74) is 3.75. The van der Waals surface area contributed by atoms with Crippen molar-refractivity contribution in [2.24, 2.45) is 0 Å². The molecule has 1 unspecified atom stereocenters. The number of nitrogen functional groups attached to an aromatic ring is 1. The molecule has 0 radical (unpaired) electrons. The maximum Gasteiger partial charge on any atom is 0.418 e. The van der Waals surface area contributed by atoms with Crippen LogP contribution < -0.4 is 11.1 Å². The molecule has 0 bridgehead atoms. The zero-order valence-corrected chi connectivity index (χ0v) is 11.4. The molecule has 3 N–H and O–H groups in total. The fourth-order valence-corrected chi connectivity index (χ4v) is 1.68. The molecule has 1 amide bonds. The average Bonchev–Trinajstić information content (AvgIpc) is 2.34. The van der Waals surface area contributed by atoms with E-state index in [-0.39, 0.29) is 10.8 Å². The van der Waals surface area contributed by atoms with Crippen LogP contribution in [0.15, 0.2) is 18.2 Å². The van der Waals surface area contributed by atoms with Crippen LogP contribution in [-0.2, 0) is 6.18 Å². The summed E-state index contributed by atoms with van der Waals surface area (Å²) in [5.74, 6) is -0.593. The first-order chi connectivity index (χ1) is 8.77. The molecule has 0 heterocycles. The molecule has 0 aromatic heterocycles. The summed E-state index contributed by atoms with van der Waals surface area (Å²) in [6.07, 6.45) is -2.68. The number of nitrogens with two attached hydrogens (primary N) is 1. The van der Waals surface area contributed by atoms with Gasteiger partial charge in [0.15, 0.2) is 0 Å². The molecule has 0 aliphatic heterocycles. The number of anilines is 1. The highest BCUT2D eigenvalue weighted by molar-refractivity contribution is 7.99. The molecule has 3 nitrogen and oxygen atoms in total. The Labute approximate surface area is 113 Å². The molecule has 1 aromatic rings. The van der Waals surface area contributed by atoms with Crippen LogP contribution in [0.5, 0.6) is 0 Å².